The zero-order valence-electron chi connectivity index (χ0n) is 19.3. The number of alkyl halides is 1. The Morgan fingerprint density at radius 1 is 1.27 bits per heavy atom. The molecule has 1 heterocycles. The van der Waals surface area contributed by atoms with Gasteiger partial charge in [0.1, 0.15) is 0 Å². The van der Waals surface area contributed by atoms with Gasteiger partial charge in [-0.05, 0) is 43.9 Å². The molecule has 1 aliphatic rings. The van der Waals surface area contributed by atoms with Gasteiger partial charge in [0.05, 0.1) is 15.6 Å². The first-order valence-corrected chi connectivity index (χ1v) is 11.9. The fourth-order valence-corrected chi connectivity index (χ4v) is 3.66. The van der Waals surface area contributed by atoms with E-state index < -0.39 is 5.97 Å². The van der Waals surface area contributed by atoms with Gasteiger partial charge >= 0.3 is 5.97 Å². The normalized spacial score (nSPS) is 19.1. The van der Waals surface area contributed by atoms with E-state index in [2.05, 4.69) is 69.6 Å². The molecule has 5 N–H and O–H groups in total. The number of H-pyrrole nitrogens is 1. The third-order valence-corrected chi connectivity index (χ3v) is 5.91. The number of halogens is 1. The summed E-state index contributed by atoms with van der Waals surface area (Å²) in [5, 5.41) is 20.0. The van der Waals surface area contributed by atoms with Crippen molar-refractivity contribution in [1.29, 1.82) is 0 Å². The first kappa shape index (κ1) is 26.5. The highest BCUT2D eigenvalue weighted by Gasteiger charge is 2.19. The molecule has 1 aromatic carbocycles. The second-order valence-corrected chi connectivity index (χ2v) is 10.1. The van der Waals surface area contributed by atoms with Crippen LogP contribution in [0.1, 0.15) is 33.6 Å². The van der Waals surface area contributed by atoms with E-state index in [9.17, 15) is 9.59 Å². The highest BCUT2D eigenvalue weighted by atomic mass is 79.9. The molecule has 0 aliphatic heterocycles. The summed E-state index contributed by atoms with van der Waals surface area (Å²) in [6.07, 6.45) is 11.9. The zero-order valence-corrected chi connectivity index (χ0v) is 20.9. The van der Waals surface area contributed by atoms with Crippen LogP contribution in [-0.4, -0.2) is 38.7 Å². The maximum absolute atomic E-state index is 11.5. The molecule has 2 aromatic rings. The summed E-state index contributed by atoms with van der Waals surface area (Å²) in [4.78, 5) is 22.3. The summed E-state index contributed by atoms with van der Waals surface area (Å²) in [7, 11) is 0. The lowest BCUT2D eigenvalue weighted by atomic mass is 9.90. The number of hydrogen-bond acceptors (Lipinski definition) is 5. The molecular formula is C25H33BrN4O3. The van der Waals surface area contributed by atoms with E-state index in [0.717, 1.165) is 18.4 Å². The number of carboxylic acids is 1. The van der Waals surface area contributed by atoms with Crippen molar-refractivity contribution >= 4 is 38.5 Å². The van der Waals surface area contributed by atoms with Crippen LogP contribution in [0.25, 0.3) is 10.8 Å². The summed E-state index contributed by atoms with van der Waals surface area (Å²) in [5.74, 6) is -0.0788. The van der Waals surface area contributed by atoms with Crippen molar-refractivity contribution in [2.24, 2.45) is 17.6 Å². The van der Waals surface area contributed by atoms with Crippen molar-refractivity contribution in [2.45, 2.75) is 37.9 Å². The lowest BCUT2D eigenvalue weighted by Crippen LogP contribution is -2.14. The molecule has 0 saturated heterocycles. The van der Waals surface area contributed by atoms with Crippen LogP contribution in [0.2, 0.25) is 0 Å². The van der Waals surface area contributed by atoms with E-state index in [-0.39, 0.29) is 21.7 Å². The fourth-order valence-electron chi connectivity index (χ4n) is 3.37. The summed E-state index contributed by atoms with van der Waals surface area (Å²) >= 11 is 3.59. The number of nitrogens with zero attached hydrogens (tertiary/aromatic N) is 1. The molecule has 8 heteroatoms. The van der Waals surface area contributed by atoms with Gasteiger partial charge in [0.25, 0.3) is 5.56 Å². The van der Waals surface area contributed by atoms with Gasteiger partial charge in [-0.25, -0.2) is 5.10 Å². The Kier molecular flexibility index (Phi) is 10.1. The SMILES string of the molecule is CC(CC(C)C1=CC=CC(C)(Br)C=C1)C(=O)O.NCCCNc1n[nH]c(=O)c2ccccc12. The minimum Gasteiger partial charge on any atom is -0.481 e. The number of aromatic nitrogens is 2. The van der Waals surface area contributed by atoms with Gasteiger partial charge in [-0.2, -0.15) is 5.10 Å². The molecule has 0 bridgehead atoms. The van der Waals surface area contributed by atoms with Crippen LogP contribution in [0.15, 0.2) is 65.0 Å². The van der Waals surface area contributed by atoms with Crippen LogP contribution >= 0.6 is 15.9 Å². The van der Waals surface area contributed by atoms with Gasteiger partial charge in [-0.3, -0.25) is 9.59 Å². The van der Waals surface area contributed by atoms with Gasteiger partial charge in [0.15, 0.2) is 5.82 Å². The van der Waals surface area contributed by atoms with Gasteiger partial charge in [0, 0.05) is 11.9 Å². The van der Waals surface area contributed by atoms with Crippen LogP contribution in [-0.2, 0) is 4.79 Å². The number of aliphatic carboxylic acids is 1. The van der Waals surface area contributed by atoms with Gasteiger partial charge < -0.3 is 16.2 Å². The molecule has 3 unspecified atom stereocenters. The predicted molar refractivity (Wildman–Crippen MR) is 139 cm³/mol. The first-order chi connectivity index (χ1) is 15.6. The second kappa shape index (κ2) is 12.5. The largest absolute Gasteiger partial charge is 0.481 e. The van der Waals surface area contributed by atoms with Crippen molar-refractivity contribution in [2.75, 3.05) is 18.4 Å². The summed E-state index contributed by atoms with van der Waals surface area (Å²) in [6.45, 7) is 7.28. The Hall–Kier alpha value is -2.71. The van der Waals surface area contributed by atoms with E-state index >= 15 is 0 Å². The number of allylic oxidation sites excluding steroid dienone is 6. The van der Waals surface area contributed by atoms with Crippen molar-refractivity contribution in [3.63, 3.8) is 0 Å². The number of benzene rings is 1. The lowest BCUT2D eigenvalue weighted by molar-refractivity contribution is -0.141. The Morgan fingerprint density at radius 2 is 1.97 bits per heavy atom. The molecular weight excluding hydrogens is 484 g/mol. The number of hydrogen-bond donors (Lipinski definition) is 4. The summed E-state index contributed by atoms with van der Waals surface area (Å²) < 4.78 is -0.108. The molecule has 178 valence electrons. The van der Waals surface area contributed by atoms with Crippen LogP contribution < -0.4 is 16.6 Å². The van der Waals surface area contributed by atoms with Crippen LogP contribution in [0.3, 0.4) is 0 Å². The molecule has 1 aliphatic carbocycles. The number of aromatic amines is 1. The Balaban J connectivity index is 0.000000234. The average Bonchev–Trinajstić information content (AvgIpc) is 2.96. The Labute approximate surface area is 203 Å². The molecule has 33 heavy (non-hydrogen) atoms. The molecule has 3 atom stereocenters. The number of anilines is 1. The molecule has 7 nitrogen and oxygen atoms in total. The van der Waals surface area contributed by atoms with E-state index in [0.29, 0.717) is 24.2 Å². The quantitative estimate of drug-likeness (QED) is 0.300. The maximum atomic E-state index is 11.5. The van der Waals surface area contributed by atoms with Gasteiger partial charge in [-0.15, -0.1) is 0 Å². The topological polar surface area (TPSA) is 121 Å². The van der Waals surface area contributed by atoms with E-state index in [1.807, 2.05) is 24.3 Å². The molecule has 3 rings (SSSR count). The molecule has 0 saturated carbocycles. The summed E-state index contributed by atoms with van der Waals surface area (Å²) in [6, 6.07) is 7.38. The van der Waals surface area contributed by atoms with E-state index in [4.69, 9.17) is 10.8 Å². The molecule has 0 amide bonds. The summed E-state index contributed by atoms with van der Waals surface area (Å²) in [5.41, 5.74) is 6.42. The van der Waals surface area contributed by atoms with E-state index in [1.54, 1.807) is 13.0 Å². The number of rotatable bonds is 8. The number of fused-ring (bicyclic) bond motifs is 1. The minimum absolute atomic E-state index is 0.108. The number of carboxylic acid groups (broad SMARTS) is 1. The standard InChI is InChI=1S/C14H19BrO2.C11H14N4O/c1-10(9-11(2)13(16)17)12-5-4-7-14(3,15)8-6-12;12-6-3-7-13-10-8-4-1-2-5-9(8)11(16)15-14-10/h4-8,10-11H,9H2,1-3H3,(H,16,17);1-2,4-5H,3,6-7,12H2,(H,13,14)(H,15,16). The third kappa shape index (κ3) is 8.29. The minimum atomic E-state index is -0.726. The monoisotopic (exact) mass is 516 g/mol. The number of nitrogens with one attached hydrogen (secondary N) is 2. The van der Waals surface area contributed by atoms with E-state index in [1.165, 1.54) is 5.57 Å². The van der Waals surface area contributed by atoms with Gasteiger partial charge in [0.2, 0.25) is 0 Å². The predicted octanol–water partition coefficient (Wildman–Crippen LogP) is 4.62. The maximum Gasteiger partial charge on any atom is 0.306 e. The average molecular weight is 517 g/mol. The number of nitrogens with two attached hydrogens (primary N) is 1. The Bertz CT molecular complexity index is 1090. The lowest BCUT2D eigenvalue weighted by Gasteiger charge is -2.15. The highest BCUT2D eigenvalue weighted by molar-refractivity contribution is 9.10. The molecule has 0 fully saturated rings. The van der Waals surface area contributed by atoms with Crippen molar-refractivity contribution in [1.82, 2.24) is 10.2 Å². The highest BCUT2D eigenvalue weighted by Crippen LogP contribution is 2.28. The van der Waals surface area contributed by atoms with Crippen molar-refractivity contribution in [3.8, 4) is 0 Å². The Morgan fingerprint density at radius 3 is 2.64 bits per heavy atom. The van der Waals surface area contributed by atoms with Crippen LogP contribution in [0, 0.1) is 11.8 Å². The van der Waals surface area contributed by atoms with Crippen LogP contribution in [0.5, 0.6) is 0 Å². The third-order valence-electron chi connectivity index (χ3n) is 5.38. The molecule has 0 radical (unpaired) electrons. The zero-order chi connectivity index (χ0) is 24.4. The van der Waals surface area contributed by atoms with Gasteiger partial charge in [-0.1, -0.05) is 78.4 Å². The van der Waals surface area contributed by atoms with Crippen LogP contribution in [0.4, 0.5) is 5.82 Å². The second-order valence-electron chi connectivity index (χ2n) is 8.40. The smallest absolute Gasteiger partial charge is 0.306 e. The first-order valence-electron chi connectivity index (χ1n) is 11.1. The van der Waals surface area contributed by atoms with Crippen molar-refractivity contribution in [3.05, 3.63) is 70.6 Å². The molecule has 1 aromatic heterocycles. The molecule has 0 spiro atoms. The fraction of sp³-hybridized carbons (Fsp3) is 0.400. The van der Waals surface area contributed by atoms with Crippen molar-refractivity contribution < 1.29 is 9.90 Å². The number of carbonyl (C=O) groups is 1.